The van der Waals surface area contributed by atoms with E-state index in [-0.39, 0.29) is 6.04 Å². The van der Waals surface area contributed by atoms with Gasteiger partial charge < -0.3 is 25.2 Å². The molecule has 2 N–H and O–H groups in total. The Bertz CT molecular complexity index is 958. The van der Waals surface area contributed by atoms with Crippen molar-refractivity contribution in [3.63, 3.8) is 0 Å². The first-order valence-electron chi connectivity index (χ1n) is 10.5. The van der Waals surface area contributed by atoms with Crippen molar-refractivity contribution in [2.24, 2.45) is 0 Å². The van der Waals surface area contributed by atoms with Gasteiger partial charge in [-0.15, -0.1) is 0 Å². The first-order valence-corrected chi connectivity index (χ1v) is 10.5. The highest BCUT2D eigenvalue weighted by Crippen LogP contribution is 2.30. The summed E-state index contributed by atoms with van der Waals surface area (Å²) in [4.78, 5) is 29.2. The number of aryl methyl sites for hydroxylation is 2. The SMILES string of the molecule is COc1ccc(C)cc1NC(=O)C(=O)NC[C@H](c1ccc2c(c1)CCCN2C)N(C)C. The molecule has 7 nitrogen and oxygen atoms in total. The van der Waals surface area contributed by atoms with Crippen LogP contribution in [0.25, 0.3) is 0 Å². The molecule has 7 heteroatoms. The molecule has 31 heavy (non-hydrogen) atoms. The Morgan fingerprint density at radius 2 is 1.94 bits per heavy atom. The minimum absolute atomic E-state index is 0.0391. The number of rotatable bonds is 6. The standard InChI is InChI=1S/C24H32N4O3/c1-16-8-11-22(31-5)19(13-16)26-24(30)23(29)25-15-21(27(2)3)18-9-10-20-17(14-18)7-6-12-28(20)4/h8-11,13-14,21H,6-7,12,15H2,1-5H3,(H,25,29)(H,26,30)/t21-/m1/s1. The van der Waals surface area contributed by atoms with E-state index in [0.717, 1.165) is 30.5 Å². The maximum absolute atomic E-state index is 12.5. The van der Waals surface area contributed by atoms with Gasteiger partial charge >= 0.3 is 11.8 Å². The molecule has 1 heterocycles. The van der Waals surface area contributed by atoms with Crippen molar-refractivity contribution in [2.75, 3.05) is 51.6 Å². The first-order chi connectivity index (χ1) is 14.8. The van der Waals surface area contributed by atoms with E-state index in [1.165, 1.54) is 18.4 Å². The van der Waals surface area contributed by atoms with Crippen LogP contribution in [0.4, 0.5) is 11.4 Å². The van der Waals surface area contributed by atoms with E-state index in [2.05, 4.69) is 45.7 Å². The lowest BCUT2D eigenvalue weighted by molar-refractivity contribution is -0.136. The topological polar surface area (TPSA) is 73.9 Å². The van der Waals surface area contributed by atoms with Gasteiger partial charge in [0.2, 0.25) is 0 Å². The van der Waals surface area contributed by atoms with Crippen LogP contribution >= 0.6 is 0 Å². The van der Waals surface area contributed by atoms with Gasteiger partial charge in [0.15, 0.2) is 0 Å². The van der Waals surface area contributed by atoms with E-state index in [0.29, 0.717) is 18.0 Å². The van der Waals surface area contributed by atoms with Crippen LogP contribution in [0.3, 0.4) is 0 Å². The largest absolute Gasteiger partial charge is 0.495 e. The third-order valence-electron chi connectivity index (χ3n) is 5.73. The summed E-state index contributed by atoms with van der Waals surface area (Å²) in [5, 5.41) is 5.43. The number of methoxy groups -OCH3 is 1. The zero-order valence-corrected chi connectivity index (χ0v) is 19.0. The molecule has 166 valence electrons. The van der Waals surface area contributed by atoms with Crippen molar-refractivity contribution in [2.45, 2.75) is 25.8 Å². The monoisotopic (exact) mass is 424 g/mol. The maximum atomic E-state index is 12.5. The van der Waals surface area contributed by atoms with Gasteiger partial charge in [-0.3, -0.25) is 9.59 Å². The minimum atomic E-state index is -0.714. The Morgan fingerprint density at radius 3 is 2.65 bits per heavy atom. The molecule has 0 aromatic heterocycles. The molecule has 1 aliphatic heterocycles. The molecule has 0 saturated carbocycles. The van der Waals surface area contributed by atoms with Crippen molar-refractivity contribution < 1.29 is 14.3 Å². The van der Waals surface area contributed by atoms with Gasteiger partial charge in [0, 0.05) is 25.8 Å². The molecule has 1 atom stereocenters. The summed E-state index contributed by atoms with van der Waals surface area (Å²) in [6.07, 6.45) is 2.19. The number of amides is 2. The second-order valence-corrected chi connectivity index (χ2v) is 8.26. The molecule has 2 aromatic rings. The molecule has 0 aliphatic carbocycles. The molecule has 1 aliphatic rings. The number of fused-ring (bicyclic) bond motifs is 1. The zero-order chi connectivity index (χ0) is 22.5. The summed E-state index contributed by atoms with van der Waals surface area (Å²) in [6.45, 7) is 3.31. The van der Waals surface area contributed by atoms with Crippen LogP contribution in [0.2, 0.25) is 0 Å². The molecule has 3 rings (SSSR count). The second kappa shape index (κ2) is 9.83. The van der Waals surface area contributed by atoms with Crippen LogP contribution < -0.4 is 20.3 Å². The van der Waals surface area contributed by atoms with Crippen molar-refractivity contribution in [3.8, 4) is 5.75 Å². The van der Waals surface area contributed by atoms with Crippen molar-refractivity contribution in [1.82, 2.24) is 10.2 Å². The predicted molar refractivity (Wildman–Crippen MR) is 124 cm³/mol. The summed E-state index contributed by atoms with van der Waals surface area (Å²) < 4.78 is 5.26. The van der Waals surface area contributed by atoms with Gasteiger partial charge in [0.1, 0.15) is 5.75 Å². The Morgan fingerprint density at radius 1 is 1.16 bits per heavy atom. The number of carbonyl (C=O) groups is 2. The fourth-order valence-electron chi connectivity index (χ4n) is 3.98. The average Bonchev–Trinajstić information content (AvgIpc) is 2.73. The van der Waals surface area contributed by atoms with Crippen LogP contribution in [-0.2, 0) is 16.0 Å². The molecule has 0 unspecified atom stereocenters. The minimum Gasteiger partial charge on any atom is -0.495 e. The summed E-state index contributed by atoms with van der Waals surface area (Å²) in [6, 6.07) is 11.9. The number of nitrogens with one attached hydrogen (secondary N) is 2. The lowest BCUT2D eigenvalue weighted by Gasteiger charge is -2.30. The Labute approximate surface area is 184 Å². The molecule has 2 aromatic carbocycles. The van der Waals surface area contributed by atoms with Crippen LogP contribution in [0.1, 0.15) is 29.2 Å². The molecule has 0 bridgehead atoms. The summed E-state index contributed by atoms with van der Waals surface area (Å²) >= 11 is 0. The molecular formula is C24H32N4O3. The number of anilines is 2. The zero-order valence-electron chi connectivity index (χ0n) is 19.0. The van der Waals surface area contributed by atoms with E-state index in [9.17, 15) is 9.59 Å². The average molecular weight is 425 g/mol. The van der Waals surface area contributed by atoms with Crippen molar-refractivity contribution >= 4 is 23.2 Å². The van der Waals surface area contributed by atoms with E-state index < -0.39 is 11.8 Å². The fraction of sp³-hybridized carbons (Fsp3) is 0.417. The van der Waals surface area contributed by atoms with Crippen LogP contribution in [-0.4, -0.2) is 58.1 Å². The van der Waals surface area contributed by atoms with Gasteiger partial charge in [0.05, 0.1) is 18.8 Å². The van der Waals surface area contributed by atoms with Gasteiger partial charge in [-0.25, -0.2) is 0 Å². The molecule has 0 radical (unpaired) electrons. The number of benzene rings is 2. The highest BCUT2D eigenvalue weighted by molar-refractivity contribution is 6.39. The number of likely N-dealkylation sites (N-methyl/N-ethyl adjacent to an activating group) is 1. The molecule has 0 saturated heterocycles. The predicted octanol–water partition coefficient (Wildman–Crippen LogP) is 2.74. The quantitative estimate of drug-likeness (QED) is 0.698. The Balaban J connectivity index is 1.67. The van der Waals surface area contributed by atoms with Crippen molar-refractivity contribution in [3.05, 3.63) is 53.1 Å². The Hall–Kier alpha value is -3.06. The van der Waals surface area contributed by atoms with E-state index in [1.54, 1.807) is 12.1 Å². The van der Waals surface area contributed by atoms with Crippen LogP contribution in [0.5, 0.6) is 5.75 Å². The molecular weight excluding hydrogens is 392 g/mol. The van der Waals surface area contributed by atoms with Gasteiger partial charge in [0.25, 0.3) is 0 Å². The third kappa shape index (κ3) is 5.35. The highest BCUT2D eigenvalue weighted by atomic mass is 16.5. The summed E-state index contributed by atoms with van der Waals surface area (Å²) in [7, 11) is 7.59. The number of hydrogen-bond donors (Lipinski definition) is 2. The summed E-state index contributed by atoms with van der Waals surface area (Å²) in [5.41, 5.74) is 5.16. The fourth-order valence-corrected chi connectivity index (χ4v) is 3.98. The number of carbonyl (C=O) groups excluding carboxylic acids is 2. The first kappa shape index (κ1) is 22.6. The lowest BCUT2D eigenvalue weighted by Crippen LogP contribution is -2.40. The van der Waals surface area contributed by atoms with Crippen molar-refractivity contribution in [1.29, 1.82) is 0 Å². The van der Waals surface area contributed by atoms with Gasteiger partial charge in [-0.05, 0) is 68.8 Å². The molecule has 0 spiro atoms. The third-order valence-corrected chi connectivity index (χ3v) is 5.73. The Kier molecular flexibility index (Phi) is 7.17. The van der Waals surface area contributed by atoms with Crippen LogP contribution in [0.15, 0.2) is 36.4 Å². The normalized spacial score (nSPS) is 14.1. The molecule has 2 amide bonds. The second-order valence-electron chi connectivity index (χ2n) is 8.26. The van der Waals surface area contributed by atoms with E-state index in [4.69, 9.17) is 4.74 Å². The van der Waals surface area contributed by atoms with Crippen LogP contribution in [0, 0.1) is 6.92 Å². The lowest BCUT2D eigenvalue weighted by atomic mass is 9.96. The summed E-state index contributed by atoms with van der Waals surface area (Å²) in [5.74, 6) is -0.876. The smallest absolute Gasteiger partial charge is 0.313 e. The number of hydrogen-bond acceptors (Lipinski definition) is 5. The van der Waals surface area contributed by atoms with E-state index >= 15 is 0 Å². The maximum Gasteiger partial charge on any atom is 0.313 e. The molecule has 0 fully saturated rings. The van der Waals surface area contributed by atoms with Gasteiger partial charge in [-0.2, -0.15) is 0 Å². The van der Waals surface area contributed by atoms with E-state index in [1.807, 2.05) is 27.1 Å². The van der Waals surface area contributed by atoms with Gasteiger partial charge in [-0.1, -0.05) is 18.2 Å². The highest BCUT2D eigenvalue weighted by Gasteiger charge is 2.22. The number of nitrogens with zero attached hydrogens (tertiary/aromatic N) is 2. The number of ether oxygens (including phenoxy) is 1.